The molecule has 0 saturated carbocycles. The van der Waals surface area contributed by atoms with Crippen LogP contribution in [-0.2, 0) is 20.7 Å². The van der Waals surface area contributed by atoms with E-state index in [9.17, 15) is 14.4 Å². The van der Waals surface area contributed by atoms with Gasteiger partial charge in [0.25, 0.3) is 0 Å². The molecule has 2 aromatic rings. The molecule has 1 unspecified atom stereocenters. The van der Waals surface area contributed by atoms with Crippen molar-refractivity contribution in [2.75, 3.05) is 6.61 Å². The number of benzene rings is 1. The number of esters is 2. The molecular formula is C18H19ClO6. The van der Waals surface area contributed by atoms with Crippen molar-refractivity contribution >= 4 is 34.5 Å². The third kappa shape index (κ3) is 4.82. The minimum atomic E-state index is -0.835. The van der Waals surface area contributed by atoms with Gasteiger partial charge in [-0.3, -0.25) is 9.59 Å². The van der Waals surface area contributed by atoms with E-state index >= 15 is 0 Å². The summed E-state index contributed by atoms with van der Waals surface area (Å²) in [5.41, 5.74) is 1.16. The van der Waals surface area contributed by atoms with Crippen LogP contribution in [0.1, 0.15) is 31.4 Å². The Balaban J connectivity index is 2.45. The van der Waals surface area contributed by atoms with Crippen molar-refractivity contribution in [3.8, 4) is 5.75 Å². The summed E-state index contributed by atoms with van der Waals surface area (Å²) in [6.45, 7) is 5.30. The Morgan fingerprint density at radius 3 is 2.64 bits per heavy atom. The number of aryl methyl sites for hydroxylation is 2. The second-order valence-corrected chi connectivity index (χ2v) is 6.20. The van der Waals surface area contributed by atoms with Gasteiger partial charge in [-0.2, -0.15) is 0 Å². The van der Waals surface area contributed by atoms with E-state index in [1.807, 2.05) is 0 Å². The van der Waals surface area contributed by atoms with E-state index in [2.05, 4.69) is 0 Å². The molecular weight excluding hydrogens is 348 g/mol. The van der Waals surface area contributed by atoms with Gasteiger partial charge in [0, 0.05) is 23.9 Å². The van der Waals surface area contributed by atoms with Gasteiger partial charge in [0.1, 0.15) is 16.7 Å². The highest BCUT2D eigenvalue weighted by Crippen LogP contribution is 2.29. The van der Waals surface area contributed by atoms with Crippen LogP contribution in [0.4, 0.5) is 0 Å². The van der Waals surface area contributed by atoms with Gasteiger partial charge in [0.2, 0.25) is 0 Å². The molecule has 0 aliphatic carbocycles. The van der Waals surface area contributed by atoms with Crippen LogP contribution >= 0.6 is 11.6 Å². The van der Waals surface area contributed by atoms with Crippen molar-refractivity contribution < 1.29 is 23.5 Å². The van der Waals surface area contributed by atoms with Crippen molar-refractivity contribution in [1.82, 2.24) is 0 Å². The third-order valence-electron chi connectivity index (χ3n) is 3.57. The van der Waals surface area contributed by atoms with Crippen LogP contribution in [0.3, 0.4) is 0 Å². The van der Waals surface area contributed by atoms with Gasteiger partial charge in [-0.1, -0.05) is 0 Å². The van der Waals surface area contributed by atoms with Gasteiger partial charge in [-0.25, -0.2) is 4.79 Å². The molecule has 1 heterocycles. The third-order valence-corrected chi connectivity index (χ3v) is 3.75. The summed E-state index contributed by atoms with van der Waals surface area (Å²) >= 11 is 5.75. The van der Waals surface area contributed by atoms with E-state index in [0.717, 1.165) is 5.56 Å². The van der Waals surface area contributed by atoms with E-state index in [4.69, 9.17) is 25.5 Å². The maximum atomic E-state index is 11.8. The summed E-state index contributed by atoms with van der Waals surface area (Å²) < 4.78 is 15.4. The number of halogens is 1. The number of hydrogen-bond acceptors (Lipinski definition) is 6. The molecule has 0 spiro atoms. The number of alkyl halides is 1. The summed E-state index contributed by atoms with van der Waals surface area (Å²) in [4.78, 5) is 35.0. The molecule has 0 bridgehead atoms. The molecule has 1 aromatic carbocycles. The molecule has 0 aliphatic heterocycles. The number of fused-ring (bicyclic) bond motifs is 1. The molecule has 25 heavy (non-hydrogen) atoms. The summed E-state index contributed by atoms with van der Waals surface area (Å²) in [6.07, 6.45) is 0.447. The number of ether oxygens (including phenoxy) is 2. The lowest BCUT2D eigenvalue weighted by Crippen LogP contribution is -2.18. The highest BCUT2D eigenvalue weighted by atomic mass is 35.5. The highest BCUT2D eigenvalue weighted by Gasteiger charge is 2.17. The molecule has 2 rings (SSSR count). The second kappa shape index (κ2) is 8.16. The number of rotatable bonds is 6. The first kappa shape index (κ1) is 19.0. The molecule has 1 atom stereocenters. The Labute approximate surface area is 149 Å². The summed E-state index contributed by atoms with van der Waals surface area (Å²) in [5, 5.41) is -0.129. The van der Waals surface area contributed by atoms with Crippen LogP contribution in [0.15, 0.2) is 27.4 Å². The van der Waals surface area contributed by atoms with Gasteiger partial charge >= 0.3 is 17.6 Å². The first-order valence-corrected chi connectivity index (χ1v) is 8.34. The van der Waals surface area contributed by atoms with Crippen LogP contribution in [0.2, 0.25) is 0 Å². The fraction of sp³-hybridized carbons (Fsp3) is 0.389. The Kier molecular flexibility index (Phi) is 6.20. The van der Waals surface area contributed by atoms with Crippen LogP contribution in [-0.4, -0.2) is 23.9 Å². The summed E-state index contributed by atoms with van der Waals surface area (Å²) in [6, 6.07) is 4.60. The fourth-order valence-corrected chi connectivity index (χ4v) is 2.39. The van der Waals surface area contributed by atoms with E-state index < -0.39 is 17.0 Å². The number of carbonyl (C=O) groups excluding carboxylic acids is 2. The molecule has 0 aliphatic rings. The predicted octanol–water partition coefficient (Wildman–Crippen LogP) is 3.13. The fourth-order valence-electron chi connectivity index (χ4n) is 2.34. The standard InChI is InChI=1S/C18H19ClO6/c1-4-23-16(20)6-5-12-8-13-10(2)7-17(21)24-15(13)9-14(12)25-18(22)11(3)19/h7-9,11H,4-6H2,1-3H3. The van der Waals surface area contributed by atoms with Crippen LogP contribution in [0.5, 0.6) is 5.75 Å². The van der Waals surface area contributed by atoms with E-state index in [1.54, 1.807) is 19.9 Å². The molecule has 0 radical (unpaired) electrons. The van der Waals surface area contributed by atoms with Crippen LogP contribution < -0.4 is 10.4 Å². The zero-order valence-corrected chi connectivity index (χ0v) is 15.0. The maximum Gasteiger partial charge on any atom is 0.336 e. The van der Waals surface area contributed by atoms with Gasteiger partial charge < -0.3 is 13.9 Å². The minimum absolute atomic E-state index is 0.135. The highest BCUT2D eigenvalue weighted by molar-refractivity contribution is 6.29. The SMILES string of the molecule is CCOC(=O)CCc1cc2c(C)cc(=O)oc2cc1OC(=O)C(C)Cl. The van der Waals surface area contributed by atoms with Gasteiger partial charge in [0.15, 0.2) is 0 Å². The molecule has 1 aromatic heterocycles. The largest absolute Gasteiger partial charge is 0.466 e. The zero-order valence-electron chi connectivity index (χ0n) is 14.3. The first-order valence-electron chi connectivity index (χ1n) is 7.90. The molecule has 0 fully saturated rings. The molecule has 0 saturated heterocycles. The maximum absolute atomic E-state index is 11.8. The second-order valence-electron chi connectivity index (χ2n) is 5.55. The van der Waals surface area contributed by atoms with Crippen molar-refractivity contribution in [3.05, 3.63) is 39.7 Å². The van der Waals surface area contributed by atoms with Crippen LogP contribution in [0.25, 0.3) is 11.0 Å². The smallest absolute Gasteiger partial charge is 0.336 e. The Morgan fingerprint density at radius 1 is 1.28 bits per heavy atom. The predicted molar refractivity (Wildman–Crippen MR) is 93.1 cm³/mol. The molecule has 7 heteroatoms. The van der Waals surface area contributed by atoms with E-state index in [1.165, 1.54) is 19.1 Å². The van der Waals surface area contributed by atoms with E-state index in [0.29, 0.717) is 29.6 Å². The number of carbonyl (C=O) groups is 2. The van der Waals surface area contributed by atoms with Crippen LogP contribution in [0, 0.1) is 6.92 Å². The lowest BCUT2D eigenvalue weighted by molar-refractivity contribution is -0.143. The van der Waals surface area contributed by atoms with Gasteiger partial charge in [-0.15, -0.1) is 11.6 Å². The quantitative estimate of drug-likeness (QED) is 0.338. The van der Waals surface area contributed by atoms with Gasteiger partial charge in [-0.05, 0) is 44.4 Å². The average molecular weight is 367 g/mol. The number of hydrogen-bond donors (Lipinski definition) is 0. The van der Waals surface area contributed by atoms with Crippen molar-refractivity contribution in [1.29, 1.82) is 0 Å². The van der Waals surface area contributed by atoms with Crippen molar-refractivity contribution in [2.45, 2.75) is 39.0 Å². The van der Waals surface area contributed by atoms with Crippen molar-refractivity contribution in [2.24, 2.45) is 0 Å². The summed E-state index contributed by atoms with van der Waals surface area (Å²) in [7, 11) is 0. The zero-order chi connectivity index (χ0) is 18.6. The molecule has 0 N–H and O–H groups in total. The Morgan fingerprint density at radius 2 is 2.00 bits per heavy atom. The Hall–Kier alpha value is -2.34. The van der Waals surface area contributed by atoms with Gasteiger partial charge in [0.05, 0.1) is 6.61 Å². The first-order chi connectivity index (χ1) is 11.8. The average Bonchev–Trinajstić information content (AvgIpc) is 2.53. The minimum Gasteiger partial charge on any atom is -0.466 e. The van der Waals surface area contributed by atoms with Crippen molar-refractivity contribution in [3.63, 3.8) is 0 Å². The topological polar surface area (TPSA) is 82.8 Å². The Bertz CT molecular complexity index is 853. The summed E-state index contributed by atoms with van der Waals surface area (Å²) in [5.74, 6) is -0.765. The molecule has 6 nitrogen and oxygen atoms in total. The lowest BCUT2D eigenvalue weighted by Gasteiger charge is -2.13. The normalized spacial score (nSPS) is 12.0. The molecule has 134 valence electrons. The van der Waals surface area contributed by atoms with E-state index in [-0.39, 0.29) is 18.1 Å². The molecule has 0 amide bonds. The monoisotopic (exact) mass is 366 g/mol. The lowest BCUT2D eigenvalue weighted by atomic mass is 10.0.